The number of anilines is 1. The van der Waals surface area contributed by atoms with E-state index < -0.39 is 0 Å². The molecule has 4 nitrogen and oxygen atoms in total. The Hall–Kier alpha value is -2.62. The SMILES string of the molecule is CCc1cc2c3c(c1)C(C)CC(C)(C)N3C(=O)C2=Nc1ccc(OC)cc1. The van der Waals surface area contributed by atoms with Gasteiger partial charge in [0.15, 0.2) is 0 Å². The second-order valence-corrected chi connectivity index (χ2v) is 8.15. The summed E-state index contributed by atoms with van der Waals surface area (Å²) in [6.07, 6.45) is 1.90. The standard InChI is InChI=1S/C23H26N2O2/c1-6-15-11-18-14(2)13-23(3,4)25-21(18)19(12-15)20(22(25)26)24-16-7-9-17(27-5)10-8-16/h7-12,14H,6,13H2,1-5H3. The molecular weight excluding hydrogens is 336 g/mol. The Kier molecular flexibility index (Phi) is 4.10. The van der Waals surface area contributed by atoms with Crippen LogP contribution < -0.4 is 9.64 Å². The van der Waals surface area contributed by atoms with Crippen LogP contribution >= 0.6 is 0 Å². The number of nitrogens with zero attached hydrogens (tertiary/aromatic N) is 2. The molecule has 1 amide bonds. The van der Waals surface area contributed by atoms with Crippen molar-refractivity contribution in [2.45, 2.75) is 52.0 Å². The number of hydrogen-bond donors (Lipinski definition) is 0. The Labute approximate surface area is 160 Å². The predicted molar refractivity (Wildman–Crippen MR) is 110 cm³/mol. The van der Waals surface area contributed by atoms with Crippen molar-refractivity contribution in [3.8, 4) is 5.75 Å². The number of amides is 1. The van der Waals surface area contributed by atoms with Crippen LogP contribution in [0.2, 0.25) is 0 Å². The van der Waals surface area contributed by atoms with Crippen LogP contribution in [0.3, 0.4) is 0 Å². The smallest absolute Gasteiger partial charge is 0.278 e. The molecule has 0 aromatic heterocycles. The second kappa shape index (κ2) is 6.22. The van der Waals surface area contributed by atoms with Gasteiger partial charge in [0.2, 0.25) is 0 Å². The van der Waals surface area contributed by atoms with E-state index in [1.54, 1.807) is 7.11 Å². The minimum absolute atomic E-state index is 0.00669. The quantitative estimate of drug-likeness (QED) is 0.770. The zero-order valence-corrected chi connectivity index (χ0v) is 16.7. The van der Waals surface area contributed by atoms with E-state index in [-0.39, 0.29) is 11.4 Å². The summed E-state index contributed by atoms with van der Waals surface area (Å²) in [5, 5.41) is 0. The molecule has 4 heteroatoms. The minimum atomic E-state index is -0.219. The van der Waals surface area contributed by atoms with Crippen molar-refractivity contribution in [2.75, 3.05) is 12.0 Å². The molecule has 2 aromatic carbocycles. The molecule has 1 atom stereocenters. The highest BCUT2D eigenvalue weighted by atomic mass is 16.5. The maximum atomic E-state index is 13.4. The molecule has 140 valence electrons. The molecule has 4 rings (SSSR count). The fraction of sp³-hybridized carbons (Fsp3) is 0.391. The molecule has 0 N–H and O–H groups in total. The van der Waals surface area contributed by atoms with Gasteiger partial charge in [0.25, 0.3) is 5.91 Å². The Morgan fingerprint density at radius 3 is 2.56 bits per heavy atom. The third-order valence-corrected chi connectivity index (χ3v) is 5.75. The lowest BCUT2D eigenvalue weighted by atomic mass is 9.79. The highest BCUT2D eigenvalue weighted by Gasteiger charge is 2.48. The van der Waals surface area contributed by atoms with Gasteiger partial charge in [0.05, 0.1) is 18.5 Å². The van der Waals surface area contributed by atoms with Crippen LogP contribution in [0.5, 0.6) is 5.75 Å². The number of methoxy groups -OCH3 is 1. The van der Waals surface area contributed by atoms with Gasteiger partial charge in [-0.1, -0.05) is 19.9 Å². The highest BCUT2D eigenvalue weighted by Crippen LogP contribution is 2.49. The first kappa shape index (κ1) is 17.8. The van der Waals surface area contributed by atoms with Crippen LogP contribution in [-0.4, -0.2) is 24.3 Å². The topological polar surface area (TPSA) is 41.9 Å². The van der Waals surface area contributed by atoms with E-state index in [0.29, 0.717) is 11.6 Å². The molecule has 2 aromatic rings. The minimum Gasteiger partial charge on any atom is -0.497 e. The second-order valence-electron chi connectivity index (χ2n) is 8.15. The molecule has 0 aliphatic carbocycles. The first-order chi connectivity index (χ1) is 12.9. The molecule has 2 aliphatic rings. The van der Waals surface area contributed by atoms with Crippen molar-refractivity contribution >= 4 is 23.0 Å². The van der Waals surface area contributed by atoms with Crippen LogP contribution in [0.15, 0.2) is 41.4 Å². The number of rotatable bonds is 3. The molecule has 0 fully saturated rings. The van der Waals surface area contributed by atoms with Crippen molar-refractivity contribution in [2.24, 2.45) is 4.99 Å². The van der Waals surface area contributed by atoms with Gasteiger partial charge in [-0.25, -0.2) is 4.99 Å². The van der Waals surface area contributed by atoms with Crippen molar-refractivity contribution in [1.82, 2.24) is 0 Å². The molecule has 2 heterocycles. The average molecular weight is 362 g/mol. The van der Waals surface area contributed by atoms with Gasteiger partial charge in [-0.3, -0.25) is 4.79 Å². The normalized spacial score (nSPS) is 21.5. The zero-order chi connectivity index (χ0) is 19.3. The van der Waals surface area contributed by atoms with Crippen molar-refractivity contribution in [3.05, 3.63) is 53.1 Å². The fourth-order valence-electron chi connectivity index (χ4n) is 4.47. The van der Waals surface area contributed by atoms with E-state index in [0.717, 1.165) is 35.5 Å². The Bertz CT molecular complexity index is 942. The molecule has 0 saturated carbocycles. The number of hydrogen-bond acceptors (Lipinski definition) is 3. The van der Waals surface area contributed by atoms with Crippen LogP contribution in [0, 0.1) is 0 Å². The number of carbonyl (C=O) groups is 1. The van der Waals surface area contributed by atoms with E-state index in [1.807, 2.05) is 29.2 Å². The summed E-state index contributed by atoms with van der Waals surface area (Å²) in [6, 6.07) is 11.9. The van der Waals surface area contributed by atoms with E-state index >= 15 is 0 Å². The van der Waals surface area contributed by atoms with Crippen molar-refractivity contribution in [1.29, 1.82) is 0 Å². The van der Waals surface area contributed by atoms with Crippen LogP contribution in [0.25, 0.3) is 0 Å². The van der Waals surface area contributed by atoms with Gasteiger partial charge in [-0.2, -0.15) is 0 Å². The van der Waals surface area contributed by atoms with Gasteiger partial charge < -0.3 is 9.64 Å². The lowest BCUT2D eigenvalue weighted by Crippen LogP contribution is -2.50. The maximum Gasteiger partial charge on any atom is 0.278 e. The van der Waals surface area contributed by atoms with Gasteiger partial charge in [-0.05, 0) is 74.1 Å². The number of benzene rings is 2. The van der Waals surface area contributed by atoms with Crippen LogP contribution in [0.1, 0.15) is 56.7 Å². The monoisotopic (exact) mass is 362 g/mol. The summed E-state index contributed by atoms with van der Waals surface area (Å²) in [5.41, 5.74) is 5.67. The summed E-state index contributed by atoms with van der Waals surface area (Å²) < 4.78 is 5.22. The summed E-state index contributed by atoms with van der Waals surface area (Å²) in [6.45, 7) is 8.72. The molecular formula is C23H26N2O2. The van der Waals surface area contributed by atoms with E-state index in [1.165, 1.54) is 11.1 Å². The third kappa shape index (κ3) is 2.75. The number of aryl methyl sites for hydroxylation is 1. The number of carbonyl (C=O) groups excluding carboxylic acids is 1. The highest BCUT2D eigenvalue weighted by molar-refractivity contribution is 6.55. The lowest BCUT2D eigenvalue weighted by Gasteiger charge is -2.43. The number of ether oxygens (including phenoxy) is 1. The van der Waals surface area contributed by atoms with Gasteiger partial charge in [0.1, 0.15) is 11.5 Å². The predicted octanol–water partition coefficient (Wildman–Crippen LogP) is 5.01. The maximum absolute atomic E-state index is 13.4. The van der Waals surface area contributed by atoms with Crippen LogP contribution in [-0.2, 0) is 11.2 Å². The number of aliphatic imine (C=N–C) groups is 1. The van der Waals surface area contributed by atoms with Crippen molar-refractivity contribution in [3.63, 3.8) is 0 Å². The van der Waals surface area contributed by atoms with Crippen LogP contribution in [0.4, 0.5) is 11.4 Å². The van der Waals surface area contributed by atoms with E-state index in [4.69, 9.17) is 9.73 Å². The summed E-state index contributed by atoms with van der Waals surface area (Å²) in [4.78, 5) is 20.1. The molecule has 27 heavy (non-hydrogen) atoms. The van der Waals surface area contributed by atoms with Crippen molar-refractivity contribution < 1.29 is 9.53 Å². The summed E-state index contributed by atoms with van der Waals surface area (Å²) in [5.74, 6) is 1.21. The first-order valence-corrected chi connectivity index (χ1v) is 9.60. The molecule has 1 unspecified atom stereocenters. The fourth-order valence-corrected chi connectivity index (χ4v) is 4.47. The molecule has 2 aliphatic heterocycles. The van der Waals surface area contributed by atoms with E-state index in [2.05, 4.69) is 39.8 Å². The Morgan fingerprint density at radius 2 is 1.93 bits per heavy atom. The molecule has 0 saturated heterocycles. The van der Waals surface area contributed by atoms with Gasteiger partial charge >= 0.3 is 0 Å². The van der Waals surface area contributed by atoms with Gasteiger partial charge in [-0.15, -0.1) is 0 Å². The average Bonchev–Trinajstić information content (AvgIpc) is 2.93. The molecule has 0 bridgehead atoms. The zero-order valence-electron chi connectivity index (χ0n) is 16.7. The summed E-state index contributed by atoms with van der Waals surface area (Å²) in [7, 11) is 1.64. The lowest BCUT2D eigenvalue weighted by molar-refractivity contribution is -0.113. The Balaban J connectivity index is 1.92. The Morgan fingerprint density at radius 1 is 1.22 bits per heavy atom. The summed E-state index contributed by atoms with van der Waals surface area (Å²) >= 11 is 0. The third-order valence-electron chi connectivity index (χ3n) is 5.75. The molecule has 0 radical (unpaired) electrons. The van der Waals surface area contributed by atoms with E-state index in [9.17, 15) is 4.79 Å². The largest absolute Gasteiger partial charge is 0.497 e. The first-order valence-electron chi connectivity index (χ1n) is 9.60. The molecule has 0 spiro atoms. The van der Waals surface area contributed by atoms with Gasteiger partial charge in [0, 0.05) is 11.1 Å².